The zero-order valence-electron chi connectivity index (χ0n) is 12.8. The zero-order valence-corrected chi connectivity index (χ0v) is 13.6. The molecule has 0 saturated heterocycles. The second-order valence-corrected chi connectivity index (χ2v) is 7.57. The van der Waals surface area contributed by atoms with Gasteiger partial charge in [0.05, 0.1) is 17.2 Å². The maximum atomic E-state index is 12.4. The molecule has 3 rings (SSSR count). The van der Waals surface area contributed by atoms with Crippen LogP contribution in [0.5, 0.6) is 0 Å². The lowest BCUT2D eigenvalue weighted by atomic mass is 10.1. The maximum Gasteiger partial charge on any atom is 0.167 e. The van der Waals surface area contributed by atoms with Gasteiger partial charge >= 0.3 is 0 Å². The summed E-state index contributed by atoms with van der Waals surface area (Å²) < 4.78 is 30.0. The molecule has 2 aromatic carbocycles. The van der Waals surface area contributed by atoms with E-state index in [0.29, 0.717) is 11.5 Å². The fourth-order valence-corrected chi connectivity index (χ4v) is 3.89. The summed E-state index contributed by atoms with van der Waals surface area (Å²) in [6.07, 6.45) is 0. The van der Waals surface area contributed by atoms with Crippen molar-refractivity contribution in [3.8, 4) is 11.3 Å². The normalized spacial score (nSPS) is 11.5. The maximum absolute atomic E-state index is 12.4. The number of hydrogen-bond acceptors (Lipinski definition) is 4. The summed E-state index contributed by atoms with van der Waals surface area (Å²) in [5, 5.41) is 3.89. The van der Waals surface area contributed by atoms with Crippen LogP contribution in [0.1, 0.15) is 16.8 Å². The fourth-order valence-electron chi connectivity index (χ4n) is 2.40. The van der Waals surface area contributed by atoms with Crippen molar-refractivity contribution in [3.63, 3.8) is 0 Å². The smallest absolute Gasteiger partial charge is 0.167 e. The lowest BCUT2D eigenvalue weighted by Crippen LogP contribution is -2.08. The summed E-state index contributed by atoms with van der Waals surface area (Å²) in [6.45, 7) is 1.91. The van der Waals surface area contributed by atoms with E-state index in [1.54, 1.807) is 6.07 Å². The van der Waals surface area contributed by atoms with Crippen LogP contribution in [0.3, 0.4) is 0 Å². The number of aromatic nitrogens is 1. The third-order valence-corrected chi connectivity index (χ3v) is 5.11. The van der Waals surface area contributed by atoms with Gasteiger partial charge < -0.3 is 4.52 Å². The molecular formula is C18H17NO3S. The van der Waals surface area contributed by atoms with Gasteiger partial charge in [-0.1, -0.05) is 59.8 Å². The van der Waals surface area contributed by atoms with E-state index in [9.17, 15) is 8.42 Å². The Hall–Kier alpha value is -2.40. The van der Waals surface area contributed by atoms with Gasteiger partial charge in [0.1, 0.15) is 0 Å². The Morgan fingerprint density at radius 1 is 0.957 bits per heavy atom. The van der Waals surface area contributed by atoms with Gasteiger partial charge in [-0.3, -0.25) is 0 Å². The number of hydrogen-bond donors (Lipinski definition) is 0. The van der Waals surface area contributed by atoms with Crippen molar-refractivity contribution in [2.45, 2.75) is 18.4 Å². The van der Waals surface area contributed by atoms with Gasteiger partial charge in [0.25, 0.3) is 0 Å². The lowest BCUT2D eigenvalue weighted by Gasteiger charge is -2.05. The van der Waals surface area contributed by atoms with Crippen LogP contribution >= 0.6 is 0 Å². The van der Waals surface area contributed by atoms with Gasteiger partial charge in [0.15, 0.2) is 15.6 Å². The molecule has 1 aromatic heterocycles. The average Bonchev–Trinajstić information content (AvgIpc) is 2.98. The third-order valence-electron chi connectivity index (χ3n) is 3.62. The Morgan fingerprint density at radius 2 is 1.65 bits per heavy atom. The molecule has 0 saturated carbocycles. The molecule has 118 valence electrons. The van der Waals surface area contributed by atoms with Crippen molar-refractivity contribution in [2.24, 2.45) is 0 Å². The summed E-state index contributed by atoms with van der Waals surface area (Å²) in [6, 6.07) is 18.7. The van der Waals surface area contributed by atoms with E-state index in [2.05, 4.69) is 5.16 Å². The Kier molecular flexibility index (Phi) is 4.30. The molecule has 0 aliphatic heterocycles. The van der Waals surface area contributed by atoms with Gasteiger partial charge in [-0.05, 0) is 18.1 Å². The molecule has 0 atom stereocenters. The first-order valence-corrected chi connectivity index (χ1v) is 9.11. The number of aryl methyl sites for hydroxylation is 1. The Balaban J connectivity index is 1.77. The van der Waals surface area contributed by atoms with Crippen LogP contribution in [0.25, 0.3) is 11.3 Å². The highest BCUT2D eigenvalue weighted by atomic mass is 32.2. The van der Waals surface area contributed by atoms with E-state index in [1.165, 1.54) is 0 Å². The summed E-state index contributed by atoms with van der Waals surface area (Å²) in [5.41, 5.74) is 3.10. The van der Waals surface area contributed by atoms with E-state index in [0.717, 1.165) is 16.7 Å². The van der Waals surface area contributed by atoms with Crippen molar-refractivity contribution >= 4 is 9.84 Å². The molecule has 0 aliphatic carbocycles. The van der Waals surface area contributed by atoms with E-state index >= 15 is 0 Å². The fraction of sp³-hybridized carbons (Fsp3) is 0.167. The largest absolute Gasteiger partial charge is 0.356 e. The van der Waals surface area contributed by atoms with Crippen LogP contribution in [-0.2, 0) is 21.3 Å². The Labute approximate surface area is 135 Å². The SMILES string of the molecule is Cc1ccccc1CS(=O)(=O)Cc1cc(-c2ccccc2)on1. The van der Waals surface area contributed by atoms with Crippen molar-refractivity contribution in [3.05, 3.63) is 77.5 Å². The minimum atomic E-state index is -3.30. The molecule has 0 amide bonds. The Morgan fingerprint density at radius 3 is 2.39 bits per heavy atom. The summed E-state index contributed by atoms with van der Waals surface area (Å²) in [5.74, 6) is 0.455. The molecule has 0 fully saturated rings. The molecule has 0 spiro atoms. The lowest BCUT2D eigenvalue weighted by molar-refractivity contribution is 0.425. The zero-order chi connectivity index (χ0) is 16.3. The molecule has 0 N–H and O–H groups in total. The van der Waals surface area contributed by atoms with Crippen LogP contribution in [0.2, 0.25) is 0 Å². The molecule has 0 aliphatic rings. The first-order chi connectivity index (χ1) is 11.0. The first kappa shape index (κ1) is 15.5. The number of benzene rings is 2. The van der Waals surface area contributed by atoms with Crippen LogP contribution in [0.15, 0.2) is 65.2 Å². The van der Waals surface area contributed by atoms with Crippen LogP contribution < -0.4 is 0 Å². The standard InChI is InChI=1S/C18H17NO3S/c1-14-7-5-6-10-16(14)12-23(20,21)13-17-11-18(22-19-17)15-8-3-2-4-9-15/h2-11H,12-13H2,1H3. The molecule has 0 unspecified atom stereocenters. The van der Waals surface area contributed by atoms with Crippen LogP contribution in [0.4, 0.5) is 0 Å². The quantitative estimate of drug-likeness (QED) is 0.716. The monoisotopic (exact) mass is 327 g/mol. The minimum Gasteiger partial charge on any atom is -0.356 e. The third kappa shape index (κ3) is 3.87. The highest BCUT2D eigenvalue weighted by molar-refractivity contribution is 7.89. The predicted octanol–water partition coefficient (Wildman–Crippen LogP) is 3.77. The summed E-state index contributed by atoms with van der Waals surface area (Å²) >= 11 is 0. The second-order valence-electron chi connectivity index (χ2n) is 5.51. The first-order valence-electron chi connectivity index (χ1n) is 7.29. The van der Waals surface area contributed by atoms with E-state index in [1.807, 2.05) is 61.5 Å². The highest BCUT2D eigenvalue weighted by Crippen LogP contribution is 2.22. The highest BCUT2D eigenvalue weighted by Gasteiger charge is 2.17. The number of rotatable bonds is 5. The molecule has 0 bridgehead atoms. The van der Waals surface area contributed by atoms with Crippen molar-refractivity contribution in [1.82, 2.24) is 5.16 Å². The van der Waals surface area contributed by atoms with Crippen molar-refractivity contribution in [1.29, 1.82) is 0 Å². The average molecular weight is 327 g/mol. The van der Waals surface area contributed by atoms with E-state index < -0.39 is 9.84 Å². The molecule has 3 aromatic rings. The number of nitrogens with zero attached hydrogens (tertiary/aromatic N) is 1. The second kappa shape index (κ2) is 6.38. The molecule has 4 nitrogen and oxygen atoms in total. The van der Waals surface area contributed by atoms with Gasteiger partial charge in [0.2, 0.25) is 0 Å². The van der Waals surface area contributed by atoms with Crippen molar-refractivity contribution in [2.75, 3.05) is 0 Å². The van der Waals surface area contributed by atoms with Gasteiger partial charge in [-0.25, -0.2) is 8.42 Å². The Bertz CT molecular complexity index is 899. The van der Waals surface area contributed by atoms with Crippen LogP contribution in [-0.4, -0.2) is 13.6 Å². The molecule has 0 radical (unpaired) electrons. The number of sulfone groups is 1. The molecule has 5 heteroatoms. The minimum absolute atomic E-state index is 0.00715. The predicted molar refractivity (Wildman–Crippen MR) is 89.4 cm³/mol. The molecule has 1 heterocycles. The molecular weight excluding hydrogens is 310 g/mol. The molecule has 23 heavy (non-hydrogen) atoms. The van der Waals surface area contributed by atoms with Gasteiger partial charge in [0, 0.05) is 11.6 Å². The van der Waals surface area contributed by atoms with Crippen LogP contribution in [0, 0.1) is 6.92 Å². The van der Waals surface area contributed by atoms with Gasteiger partial charge in [-0.15, -0.1) is 0 Å². The van der Waals surface area contributed by atoms with E-state index in [4.69, 9.17) is 4.52 Å². The summed E-state index contributed by atoms with van der Waals surface area (Å²) in [7, 11) is -3.30. The van der Waals surface area contributed by atoms with Crippen molar-refractivity contribution < 1.29 is 12.9 Å². The summed E-state index contributed by atoms with van der Waals surface area (Å²) in [4.78, 5) is 0. The van der Waals surface area contributed by atoms with Gasteiger partial charge in [-0.2, -0.15) is 0 Å². The van der Waals surface area contributed by atoms with E-state index in [-0.39, 0.29) is 11.5 Å². The topological polar surface area (TPSA) is 60.2 Å².